The Kier molecular flexibility index (Phi) is 2.68. The molecule has 5 nitrogen and oxygen atoms in total. The Morgan fingerprint density at radius 1 is 0.917 bits per heavy atom. The Bertz CT molecular complexity index is 210. The van der Waals surface area contributed by atoms with Gasteiger partial charge in [-0.15, -0.1) is 0 Å². The number of rotatable bonds is 3. The van der Waals surface area contributed by atoms with Gasteiger partial charge >= 0.3 is 6.01 Å². The highest BCUT2D eigenvalue weighted by Crippen LogP contribution is 2.17. The largest absolute Gasteiger partial charge is 0.481 e. The zero-order chi connectivity index (χ0) is 8.97. The Morgan fingerprint density at radius 2 is 1.42 bits per heavy atom. The van der Waals surface area contributed by atoms with E-state index >= 15 is 0 Å². The minimum absolute atomic E-state index is 0.228. The van der Waals surface area contributed by atoms with E-state index in [1.54, 1.807) is 6.07 Å². The first-order chi connectivity index (χ1) is 5.80. The van der Waals surface area contributed by atoms with Crippen LogP contribution in [0.25, 0.3) is 0 Å². The molecule has 0 spiro atoms. The van der Waals surface area contributed by atoms with Crippen LogP contribution < -0.4 is 14.2 Å². The van der Waals surface area contributed by atoms with Gasteiger partial charge in [0.25, 0.3) is 0 Å². The van der Waals surface area contributed by atoms with Crippen molar-refractivity contribution in [3.63, 3.8) is 0 Å². The third-order valence-corrected chi connectivity index (χ3v) is 1.26. The molecule has 1 aromatic rings. The summed E-state index contributed by atoms with van der Waals surface area (Å²) in [6.45, 7) is 0. The van der Waals surface area contributed by atoms with Crippen LogP contribution in [-0.4, -0.2) is 31.3 Å². The highest BCUT2D eigenvalue weighted by Gasteiger charge is 2.03. The lowest BCUT2D eigenvalue weighted by atomic mass is 10.6. The number of hydrogen-bond donors (Lipinski definition) is 0. The van der Waals surface area contributed by atoms with Crippen LogP contribution in [-0.2, 0) is 0 Å². The summed E-state index contributed by atoms with van der Waals surface area (Å²) in [5, 5.41) is 0. The maximum Gasteiger partial charge on any atom is 0.322 e. The molecule has 0 aliphatic rings. The van der Waals surface area contributed by atoms with E-state index in [0.717, 1.165) is 0 Å². The second-order valence-corrected chi connectivity index (χ2v) is 1.94. The lowest BCUT2D eigenvalue weighted by Crippen LogP contribution is -1.97. The van der Waals surface area contributed by atoms with Crippen molar-refractivity contribution in [3.8, 4) is 17.8 Å². The summed E-state index contributed by atoms with van der Waals surface area (Å²) in [6, 6.07) is 1.80. The fourth-order valence-corrected chi connectivity index (χ4v) is 0.684. The Labute approximate surface area is 70.3 Å². The lowest BCUT2D eigenvalue weighted by Gasteiger charge is -2.03. The second-order valence-electron chi connectivity index (χ2n) is 1.94. The summed E-state index contributed by atoms with van der Waals surface area (Å²) in [6.07, 6.45) is 0. The van der Waals surface area contributed by atoms with E-state index in [1.165, 1.54) is 21.3 Å². The molecule has 0 saturated carbocycles. The third kappa shape index (κ3) is 1.75. The standard InChI is InChI=1S/C7H10N2O3/c1-10-5-4-6(11-2)9-7(8-5)12-3/h4H,1-3H3. The number of methoxy groups -OCH3 is 3. The molecule has 66 valence electrons. The maximum absolute atomic E-state index is 4.89. The zero-order valence-electron chi connectivity index (χ0n) is 7.20. The van der Waals surface area contributed by atoms with E-state index in [2.05, 4.69) is 9.97 Å². The molecule has 0 aliphatic heterocycles. The molecule has 1 aromatic heterocycles. The monoisotopic (exact) mass is 170 g/mol. The number of aromatic nitrogens is 2. The molecule has 1 rings (SSSR count). The normalized spacial score (nSPS) is 9.25. The molecule has 0 unspecified atom stereocenters. The van der Waals surface area contributed by atoms with Gasteiger partial charge in [0.05, 0.1) is 27.4 Å². The van der Waals surface area contributed by atoms with Gasteiger partial charge in [0.1, 0.15) is 0 Å². The quantitative estimate of drug-likeness (QED) is 0.661. The number of hydrogen-bond acceptors (Lipinski definition) is 5. The molecule has 0 bridgehead atoms. The topological polar surface area (TPSA) is 53.5 Å². The summed E-state index contributed by atoms with van der Waals surface area (Å²) in [4.78, 5) is 7.77. The van der Waals surface area contributed by atoms with Gasteiger partial charge in [-0.25, -0.2) is 0 Å². The van der Waals surface area contributed by atoms with Gasteiger partial charge in [0.15, 0.2) is 0 Å². The van der Waals surface area contributed by atoms with Gasteiger partial charge in [-0.3, -0.25) is 0 Å². The smallest absolute Gasteiger partial charge is 0.322 e. The highest BCUT2D eigenvalue weighted by molar-refractivity contribution is 5.22. The maximum atomic E-state index is 4.89. The molecule has 0 N–H and O–H groups in total. The summed E-state index contributed by atoms with van der Waals surface area (Å²) in [7, 11) is 4.51. The number of nitrogens with zero attached hydrogens (tertiary/aromatic N) is 2. The van der Waals surface area contributed by atoms with Gasteiger partial charge in [-0.1, -0.05) is 0 Å². The molecule has 1 heterocycles. The van der Waals surface area contributed by atoms with Crippen molar-refractivity contribution in [2.45, 2.75) is 0 Å². The first-order valence-electron chi connectivity index (χ1n) is 3.31. The van der Waals surface area contributed by atoms with Gasteiger partial charge in [-0.05, 0) is 0 Å². The fourth-order valence-electron chi connectivity index (χ4n) is 0.684. The summed E-state index contributed by atoms with van der Waals surface area (Å²) < 4.78 is 14.6. The van der Waals surface area contributed by atoms with Crippen molar-refractivity contribution < 1.29 is 14.2 Å². The minimum atomic E-state index is 0.228. The predicted molar refractivity (Wildman–Crippen MR) is 41.7 cm³/mol. The molecule has 0 fully saturated rings. The van der Waals surface area contributed by atoms with Gasteiger partial charge in [0.2, 0.25) is 11.8 Å². The Morgan fingerprint density at radius 3 is 1.75 bits per heavy atom. The van der Waals surface area contributed by atoms with E-state index in [0.29, 0.717) is 11.8 Å². The van der Waals surface area contributed by atoms with Crippen molar-refractivity contribution in [3.05, 3.63) is 6.07 Å². The third-order valence-electron chi connectivity index (χ3n) is 1.26. The fraction of sp³-hybridized carbons (Fsp3) is 0.429. The second kappa shape index (κ2) is 3.75. The molecule has 0 radical (unpaired) electrons. The Balaban J connectivity index is 3.01. The zero-order valence-corrected chi connectivity index (χ0v) is 7.20. The minimum Gasteiger partial charge on any atom is -0.481 e. The first kappa shape index (κ1) is 8.58. The molecule has 0 atom stereocenters. The molecular weight excluding hydrogens is 160 g/mol. The molecule has 0 saturated heterocycles. The van der Waals surface area contributed by atoms with Crippen LogP contribution in [0, 0.1) is 0 Å². The van der Waals surface area contributed by atoms with Crippen LogP contribution in [0.1, 0.15) is 0 Å². The molecule has 12 heavy (non-hydrogen) atoms. The van der Waals surface area contributed by atoms with E-state index in [-0.39, 0.29) is 6.01 Å². The average Bonchev–Trinajstić information content (AvgIpc) is 2.16. The average molecular weight is 170 g/mol. The SMILES string of the molecule is COc1cc(OC)nc(OC)n1. The highest BCUT2D eigenvalue weighted by atomic mass is 16.5. The summed E-state index contributed by atoms with van der Waals surface area (Å²) >= 11 is 0. The number of ether oxygens (including phenoxy) is 3. The van der Waals surface area contributed by atoms with E-state index in [4.69, 9.17) is 14.2 Å². The van der Waals surface area contributed by atoms with Crippen LogP contribution in [0.5, 0.6) is 17.8 Å². The van der Waals surface area contributed by atoms with Crippen molar-refractivity contribution >= 4 is 0 Å². The van der Waals surface area contributed by atoms with E-state index < -0.39 is 0 Å². The molecular formula is C7H10N2O3. The van der Waals surface area contributed by atoms with Crippen LogP contribution in [0.4, 0.5) is 0 Å². The predicted octanol–water partition coefficient (Wildman–Crippen LogP) is 0.502. The van der Waals surface area contributed by atoms with Crippen LogP contribution in [0.2, 0.25) is 0 Å². The van der Waals surface area contributed by atoms with E-state index in [1.807, 2.05) is 0 Å². The van der Waals surface area contributed by atoms with E-state index in [9.17, 15) is 0 Å². The molecule has 0 aromatic carbocycles. The van der Waals surface area contributed by atoms with Crippen molar-refractivity contribution in [1.29, 1.82) is 0 Å². The Hall–Kier alpha value is -1.52. The van der Waals surface area contributed by atoms with Gasteiger partial charge < -0.3 is 14.2 Å². The summed E-state index contributed by atoms with van der Waals surface area (Å²) in [5.41, 5.74) is 0. The van der Waals surface area contributed by atoms with Gasteiger partial charge in [-0.2, -0.15) is 9.97 Å². The molecule has 5 heteroatoms. The van der Waals surface area contributed by atoms with Crippen LogP contribution in [0.15, 0.2) is 6.07 Å². The van der Waals surface area contributed by atoms with Crippen molar-refractivity contribution in [2.75, 3.05) is 21.3 Å². The lowest BCUT2D eigenvalue weighted by molar-refractivity contribution is 0.329. The van der Waals surface area contributed by atoms with Crippen LogP contribution in [0.3, 0.4) is 0 Å². The van der Waals surface area contributed by atoms with Crippen LogP contribution >= 0.6 is 0 Å². The van der Waals surface area contributed by atoms with Crippen molar-refractivity contribution in [2.24, 2.45) is 0 Å². The van der Waals surface area contributed by atoms with Gasteiger partial charge in [0, 0.05) is 0 Å². The van der Waals surface area contributed by atoms with Crippen molar-refractivity contribution in [1.82, 2.24) is 9.97 Å². The first-order valence-corrected chi connectivity index (χ1v) is 3.31. The molecule has 0 amide bonds. The summed E-state index contributed by atoms with van der Waals surface area (Å²) in [5.74, 6) is 0.831. The molecule has 0 aliphatic carbocycles.